The van der Waals surface area contributed by atoms with Crippen molar-refractivity contribution in [1.82, 2.24) is 0 Å². The van der Waals surface area contributed by atoms with Gasteiger partial charge in [-0.25, -0.2) is 0 Å². The normalized spacial score (nSPS) is 9.00. The van der Waals surface area contributed by atoms with Gasteiger partial charge in [-0.3, -0.25) is 0 Å². The van der Waals surface area contributed by atoms with Crippen LogP contribution in [0.15, 0.2) is 0 Å². The molecule has 0 fully saturated rings. The Bertz CT molecular complexity index is 67.3. The zero-order chi connectivity index (χ0) is 5.86. The van der Waals surface area contributed by atoms with Crippen molar-refractivity contribution in [3.05, 3.63) is 0 Å². The van der Waals surface area contributed by atoms with Crippen molar-refractivity contribution in [2.45, 2.75) is 20.0 Å². The van der Waals surface area contributed by atoms with Crippen LogP contribution in [0, 0.1) is 0 Å². The van der Waals surface area contributed by atoms with Gasteiger partial charge in [-0.2, -0.15) is 0 Å². The van der Waals surface area contributed by atoms with Gasteiger partial charge >= 0.3 is 0 Å². The molecule has 0 saturated carbocycles. The third-order valence-corrected chi connectivity index (χ3v) is 0.332. The van der Waals surface area contributed by atoms with Gasteiger partial charge in [0.25, 0.3) is 6.16 Å². The highest BCUT2D eigenvalue weighted by atomic mass is 16.7. The molecule has 0 heterocycles. The van der Waals surface area contributed by atoms with Gasteiger partial charge in [-0.1, -0.05) is 0 Å². The summed E-state index contributed by atoms with van der Waals surface area (Å²) >= 11 is 0. The Labute approximate surface area is 41.9 Å². The van der Waals surface area contributed by atoms with Gasteiger partial charge in [0.15, 0.2) is 0 Å². The van der Waals surface area contributed by atoms with Crippen molar-refractivity contribution in [3.8, 4) is 0 Å². The minimum atomic E-state index is -1.46. The van der Waals surface area contributed by atoms with E-state index >= 15 is 0 Å². The smallest absolute Gasteiger partial charge is 0.252 e. The second-order valence-electron chi connectivity index (χ2n) is 1.42. The first-order valence-electron chi connectivity index (χ1n) is 2.00. The van der Waals surface area contributed by atoms with Crippen molar-refractivity contribution in [1.29, 1.82) is 0 Å². The van der Waals surface area contributed by atoms with E-state index in [1.165, 1.54) is 0 Å². The molecule has 0 aromatic rings. The van der Waals surface area contributed by atoms with Gasteiger partial charge in [0.05, 0.1) is 0 Å². The first-order valence-corrected chi connectivity index (χ1v) is 2.00. The second kappa shape index (κ2) is 2.44. The third kappa shape index (κ3) is 5.27. The van der Waals surface area contributed by atoms with Gasteiger partial charge in [0.1, 0.15) is 0 Å². The Morgan fingerprint density at radius 2 is 2.14 bits per heavy atom. The maximum atomic E-state index is 9.48. The molecule has 0 amide bonds. The van der Waals surface area contributed by atoms with Crippen LogP contribution in [0.2, 0.25) is 0 Å². The fourth-order valence-corrected chi connectivity index (χ4v) is 0.192. The Hall–Kier alpha value is -0.730. The average Bonchev–Trinajstić information content (AvgIpc) is 1.27. The Morgan fingerprint density at radius 1 is 1.71 bits per heavy atom. The van der Waals surface area contributed by atoms with Crippen molar-refractivity contribution in [2.24, 2.45) is 0 Å². The molecule has 3 heteroatoms. The largest absolute Gasteiger partial charge is 0.547 e. The average molecular weight is 103 g/mol. The SMILES string of the molecule is CC(C)OC(=O)[O-]. The highest BCUT2D eigenvalue weighted by Crippen LogP contribution is 1.83. The monoisotopic (exact) mass is 103 g/mol. The molecule has 0 aromatic heterocycles. The van der Waals surface area contributed by atoms with E-state index in [-0.39, 0.29) is 6.10 Å². The van der Waals surface area contributed by atoms with E-state index in [1.807, 2.05) is 0 Å². The van der Waals surface area contributed by atoms with Crippen molar-refractivity contribution in [3.63, 3.8) is 0 Å². The lowest BCUT2D eigenvalue weighted by molar-refractivity contribution is -0.286. The molecule has 0 spiro atoms. The van der Waals surface area contributed by atoms with E-state index in [1.54, 1.807) is 13.8 Å². The van der Waals surface area contributed by atoms with Gasteiger partial charge in [-0.15, -0.1) is 0 Å². The Kier molecular flexibility index (Phi) is 2.19. The van der Waals surface area contributed by atoms with Crippen LogP contribution >= 0.6 is 0 Å². The minimum Gasteiger partial charge on any atom is -0.547 e. The number of carboxylic acid groups (broad SMARTS) is 1. The number of rotatable bonds is 1. The van der Waals surface area contributed by atoms with Crippen molar-refractivity contribution in [2.75, 3.05) is 0 Å². The molecule has 0 rings (SSSR count). The molecule has 0 bridgehead atoms. The van der Waals surface area contributed by atoms with Crippen LogP contribution < -0.4 is 5.11 Å². The summed E-state index contributed by atoms with van der Waals surface area (Å²) in [6.07, 6.45) is -1.75. The lowest BCUT2D eigenvalue weighted by atomic mass is 10.5. The molecule has 0 aliphatic rings. The molecule has 0 aliphatic carbocycles. The van der Waals surface area contributed by atoms with E-state index < -0.39 is 6.16 Å². The molecule has 0 saturated heterocycles. The molecule has 0 aromatic carbocycles. The third-order valence-electron chi connectivity index (χ3n) is 0.332. The van der Waals surface area contributed by atoms with Crippen LogP contribution in [0.3, 0.4) is 0 Å². The second-order valence-corrected chi connectivity index (χ2v) is 1.42. The molecule has 42 valence electrons. The molecule has 0 N–H and O–H groups in total. The highest BCUT2D eigenvalue weighted by molar-refractivity contribution is 5.54. The topological polar surface area (TPSA) is 49.4 Å². The zero-order valence-electron chi connectivity index (χ0n) is 4.30. The fraction of sp³-hybridized carbons (Fsp3) is 0.750. The van der Waals surface area contributed by atoms with Crippen LogP contribution in [0.25, 0.3) is 0 Å². The van der Waals surface area contributed by atoms with E-state index in [0.717, 1.165) is 0 Å². The molecule has 0 aliphatic heterocycles. The van der Waals surface area contributed by atoms with E-state index in [0.29, 0.717) is 0 Å². The number of carbonyl (C=O) groups is 1. The molecule has 0 radical (unpaired) electrons. The summed E-state index contributed by atoms with van der Waals surface area (Å²) in [6.45, 7) is 3.24. The predicted octanol–water partition coefficient (Wildman–Crippen LogP) is -0.245. The standard InChI is InChI=1S/C4H8O3/c1-3(2)7-4(5)6/h3H,1-2H3,(H,5,6)/p-1. The quantitative estimate of drug-likeness (QED) is 0.430. The van der Waals surface area contributed by atoms with Crippen LogP contribution in [0.1, 0.15) is 13.8 Å². The van der Waals surface area contributed by atoms with Crippen molar-refractivity contribution >= 4 is 6.16 Å². The number of carbonyl (C=O) groups excluding carboxylic acids is 1. The van der Waals surface area contributed by atoms with Gasteiger partial charge in [0.2, 0.25) is 0 Å². The number of hydrogen-bond acceptors (Lipinski definition) is 3. The molecule has 0 atom stereocenters. The summed E-state index contributed by atoms with van der Waals surface area (Å²) < 4.78 is 4.06. The molecular formula is C4H7O3-. The minimum absolute atomic E-state index is 0.287. The Morgan fingerprint density at radius 3 is 2.14 bits per heavy atom. The first kappa shape index (κ1) is 6.27. The first-order chi connectivity index (χ1) is 3.13. The van der Waals surface area contributed by atoms with Gasteiger partial charge < -0.3 is 14.6 Å². The summed E-state index contributed by atoms with van der Waals surface area (Å²) in [7, 11) is 0. The molecule has 3 nitrogen and oxygen atoms in total. The maximum absolute atomic E-state index is 9.48. The zero-order valence-corrected chi connectivity index (χ0v) is 4.30. The lowest BCUT2D eigenvalue weighted by Gasteiger charge is -2.10. The summed E-state index contributed by atoms with van der Waals surface area (Å²) in [5.41, 5.74) is 0. The summed E-state index contributed by atoms with van der Waals surface area (Å²) in [5, 5.41) is 9.48. The van der Waals surface area contributed by atoms with Crippen LogP contribution in [0.5, 0.6) is 0 Å². The summed E-state index contributed by atoms with van der Waals surface area (Å²) in [4.78, 5) is 9.48. The molecule has 7 heavy (non-hydrogen) atoms. The van der Waals surface area contributed by atoms with E-state index in [4.69, 9.17) is 0 Å². The van der Waals surface area contributed by atoms with Crippen LogP contribution in [-0.2, 0) is 4.74 Å². The van der Waals surface area contributed by atoms with E-state index in [2.05, 4.69) is 4.74 Å². The fourth-order valence-electron chi connectivity index (χ4n) is 0.192. The van der Waals surface area contributed by atoms with Crippen LogP contribution in [-0.4, -0.2) is 12.3 Å². The Balaban J connectivity index is 3.13. The lowest BCUT2D eigenvalue weighted by Crippen LogP contribution is -2.26. The summed E-state index contributed by atoms with van der Waals surface area (Å²) in [5.74, 6) is 0. The number of hydrogen-bond donors (Lipinski definition) is 0. The predicted molar refractivity (Wildman–Crippen MR) is 21.6 cm³/mol. The van der Waals surface area contributed by atoms with Gasteiger partial charge in [-0.05, 0) is 13.8 Å². The maximum Gasteiger partial charge on any atom is 0.252 e. The number of ether oxygens (including phenoxy) is 1. The van der Waals surface area contributed by atoms with E-state index in [9.17, 15) is 9.90 Å². The highest BCUT2D eigenvalue weighted by Gasteiger charge is 1.85. The molecular weight excluding hydrogens is 96.0 g/mol. The summed E-state index contributed by atoms with van der Waals surface area (Å²) in [6, 6.07) is 0. The molecule has 0 unspecified atom stereocenters. The van der Waals surface area contributed by atoms with Gasteiger partial charge in [0, 0.05) is 6.10 Å². The van der Waals surface area contributed by atoms with Crippen LogP contribution in [0.4, 0.5) is 4.79 Å². The van der Waals surface area contributed by atoms with Crippen molar-refractivity contribution < 1.29 is 14.6 Å².